The molecule has 0 N–H and O–H groups in total. The summed E-state index contributed by atoms with van der Waals surface area (Å²) in [6.07, 6.45) is -3.76. The van der Waals surface area contributed by atoms with Crippen molar-refractivity contribution in [1.82, 2.24) is 0 Å². The third-order valence-corrected chi connectivity index (χ3v) is 2.18. The van der Waals surface area contributed by atoms with E-state index in [9.17, 15) is 13.2 Å². The molecular formula is C14H21F3O. The highest BCUT2D eigenvalue weighted by molar-refractivity contribution is 5.35. The third-order valence-electron chi connectivity index (χ3n) is 2.18. The Balaban J connectivity index is 0.00000137. The Kier molecular flexibility index (Phi) is 6.81. The molecule has 18 heavy (non-hydrogen) atoms. The van der Waals surface area contributed by atoms with Crippen molar-refractivity contribution in [3.05, 3.63) is 29.3 Å². The predicted molar refractivity (Wildman–Crippen MR) is 67.8 cm³/mol. The Morgan fingerprint density at radius 3 is 2.11 bits per heavy atom. The zero-order valence-electron chi connectivity index (χ0n) is 11.6. The lowest BCUT2D eigenvalue weighted by Gasteiger charge is -2.12. The van der Waals surface area contributed by atoms with Gasteiger partial charge >= 0.3 is 6.36 Å². The maximum absolute atomic E-state index is 12.0. The summed E-state index contributed by atoms with van der Waals surface area (Å²) < 4.78 is 39.7. The van der Waals surface area contributed by atoms with Gasteiger partial charge < -0.3 is 4.74 Å². The number of ether oxygens (including phenoxy) is 1. The molecule has 0 aliphatic carbocycles. The van der Waals surface area contributed by atoms with Gasteiger partial charge in [-0.25, -0.2) is 0 Å². The van der Waals surface area contributed by atoms with E-state index in [1.54, 1.807) is 13.0 Å². The minimum atomic E-state index is -4.62. The Labute approximate surface area is 107 Å². The lowest BCUT2D eigenvalue weighted by Crippen LogP contribution is -2.17. The zero-order chi connectivity index (χ0) is 14.3. The van der Waals surface area contributed by atoms with Crippen LogP contribution in [-0.4, -0.2) is 6.36 Å². The summed E-state index contributed by atoms with van der Waals surface area (Å²) in [5.41, 5.74) is 1.89. The van der Waals surface area contributed by atoms with Crippen LogP contribution in [0, 0.1) is 12.8 Å². The average Bonchev–Trinajstić information content (AvgIpc) is 2.22. The van der Waals surface area contributed by atoms with E-state index in [2.05, 4.69) is 18.6 Å². The van der Waals surface area contributed by atoms with Crippen molar-refractivity contribution in [2.24, 2.45) is 5.92 Å². The monoisotopic (exact) mass is 262 g/mol. The molecule has 4 heteroatoms. The number of halogens is 3. The van der Waals surface area contributed by atoms with Crippen LogP contribution in [0.5, 0.6) is 5.75 Å². The van der Waals surface area contributed by atoms with Gasteiger partial charge in [-0.05, 0) is 42.5 Å². The normalized spacial score (nSPS) is 10.9. The van der Waals surface area contributed by atoms with Crippen LogP contribution in [0.25, 0.3) is 0 Å². The molecule has 1 rings (SSSR count). The summed E-state index contributed by atoms with van der Waals surface area (Å²) in [5, 5.41) is 0. The van der Waals surface area contributed by atoms with Crippen molar-refractivity contribution in [1.29, 1.82) is 0 Å². The summed E-state index contributed by atoms with van der Waals surface area (Å²) in [4.78, 5) is 0. The van der Waals surface area contributed by atoms with Gasteiger partial charge in [-0.1, -0.05) is 33.8 Å². The van der Waals surface area contributed by atoms with Crippen LogP contribution >= 0.6 is 0 Å². The quantitative estimate of drug-likeness (QED) is 0.734. The van der Waals surface area contributed by atoms with E-state index in [0.717, 1.165) is 17.5 Å². The molecule has 0 aliphatic heterocycles. The molecule has 0 radical (unpaired) electrons. The second kappa shape index (κ2) is 7.29. The van der Waals surface area contributed by atoms with E-state index in [-0.39, 0.29) is 5.75 Å². The van der Waals surface area contributed by atoms with Gasteiger partial charge in [-0.3, -0.25) is 0 Å². The van der Waals surface area contributed by atoms with Crippen LogP contribution in [0.2, 0.25) is 0 Å². The molecule has 104 valence electrons. The van der Waals surface area contributed by atoms with E-state index in [4.69, 9.17) is 0 Å². The molecule has 0 fully saturated rings. The van der Waals surface area contributed by atoms with Crippen molar-refractivity contribution in [2.75, 3.05) is 0 Å². The van der Waals surface area contributed by atoms with E-state index < -0.39 is 6.36 Å². The molecule has 1 nitrogen and oxygen atoms in total. The zero-order valence-corrected chi connectivity index (χ0v) is 11.6. The molecule has 0 spiro atoms. The predicted octanol–water partition coefficient (Wildman–Crippen LogP) is 5.12. The van der Waals surface area contributed by atoms with Gasteiger partial charge in [-0.15, -0.1) is 13.2 Å². The standard InChI is InChI=1S/C12H15F3O.C2H6/c1-8(2)6-10-4-5-11(7-9(10)3)16-12(13,14)15;1-2/h4-5,7-8H,6H2,1-3H3;1-2H3. The molecule has 0 heterocycles. The van der Waals surface area contributed by atoms with Crippen molar-refractivity contribution < 1.29 is 17.9 Å². The van der Waals surface area contributed by atoms with Crippen LogP contribution < -0.4 is 4.74 Å². The lowest BCUT2D eigenvalue weighted by atomic mass is 9.99. The molecule has 0 saturated carbocycles. The average molecular weight is 262 g/mol. The molecular weight excluding hydrogens is 241 g/mol. The van der Waals surface area contributed by atoms with Crippen LogP contribution in [0.1, 0.15) is 38.8 Å². The van der Waals surface area contributed by atoms with E-state index in [0.29, 0.717) is 5.92 Å². The first kappa shape index (κ1) is 16.8. The van der Waals surface area contributed by atoms with Gasteiger partial charge in [0.05, 0.1) is 0 Å². The lowest BCUT2D eigenvalue weighted by molar-refractivity contribution is -0.274. The van der Waals surface area contributed by atoms with Gasteiger partial charge in [0.1, 0.15) is 5.75 Å². The fourth-order valence-electron chi connectivity index (χ4n) is 1.53. The molecule has 1 aromatic rings. The first-order valence-electron chi connectivity index (χ1n) is 6.13. The molecule has 0 bridgehead atoms. The van der Waals surface area contributed by atoms with Gasteiger partial charge in [0.25, 0.3) is 0 Å². The number of aryl methyl sites for hydroxylation is 1. The Bertz CT molecular complexity index is 357. The molecule has 0 aliphatic rings. The minimum Gasteiger partial charge on any atom is -0.406 e. The summed E-state index contributed by atoms with van der Waals surface area (Å²) in [6.45, 7) is 9.93. The molecule has 0 saturated heterocycles. The van der Waals surface area contributed by atoms with Crippen molar-refractivity contribution in [2.45, 2.75) is 47.4 Å². The maximum Gasteiger partial charge on any atom is 0.573 e. The molecule has 0 aromatic heterocycles. The third kappa shape index (κ3) is 6.52. The second-order valence-corrected chi connectivity index (χ2v) is 4.23. The minimum absolute atomic E-state index is 0.155. The highest BCUT2D eigenvalue weighted by Crippen LogP contribution is 2.25. The Hall–Kier alpha value is -1.19. The van der Waals surface area contributed by atoms with Crippen LogP contribution in [-0.2, 0) is 6.42 Å². The SMILES string of the molecule is CC.Cc1cc(OC(F)(F)F)ccc1CC(C)C. The van der Waals surface area contributed by atoms with Gasteiger partial charge in [0, 0.05) is 0 Å². The van der Waals surface area contributed by atoms with Gasteiger partial charge in [-0.2, -0.15) is 0 Å². The first-order valence-corrected chi connectivity index (χ1v) is 6.13. The number of benzene rings is 1. The molecule has 0 amide bonds. The molecule has 0 atom stereocenters. The van der Waals surface area contributed by atoms with Gasteiger partial charge in [0.2, 0.25) is 0 Å². The topological polar surface area (TPSA) is 9.23 Å². The fourth-order valence-corrected chi connectivity index (χ4v) is 1.53. The largest absolute Gasteiger partial charge is 0.573 e. The highest BCUT2D eigenvalue weighted by Gasteiger charge is 2.31. The summed E-state index contributed by atoms with van der Waals surface area (Å²) in [6, 6.07) is 4.47. The van der Waals surface area contributed by atoms with Crippen molar-refractivity contribution in [3.63, 3.8) is 0 Å². The van der Waals surface area contributed by atoms with E-state index in [1.165, 1.54) is 12.1 Å². The van der Waals surface area contributed by atoms with E-state index >= 15 is 0 Å². The number of alkyl halides is 3. The van der Waals surface area contributed by atoms with Crippen LogP contribution in [0.15, 0.2) is 18.2 Å². The Morgan fingerprint density at radius 2 is 1.72 bits per heavy atom. The van der Waals surface area contributed by atoms with Crippen LogP contribution in [0.3, 0.4) is 0 Å². The number of rotatable bonds is 3. The van der Waals surface area contributed by atoms with Crippen molar-refractivity contribution in [3.8, 4) is 5.75 Å². The summed E-state index contributed by atoms with van der Waals surface area (Å²) >= 11 is 0. The number of hydrogen-bond donors (Lipinski definition) is 0. The maximum atomic E-state index is 12.0. The fraction of sp³-hybridized carbons (Fsp3) is 0.571. The smallest absolute Gasteiger partial charge is 0.406 e. The molecule has 1 aromatic carbocycles. The first-order chi connectivity index (χ1) is 8.28. The van der Waals surface area contributed by atoms with Crippen LogP contribution in [0.4, 0.5) is 13.2 Å². The second-order valence-electron chi connectivity index (χ2n) is 4.23. The molecule has 0 unspecified atom stereocenters. The number of hydrogen-bond acceptors (Lipinski definition) is 1. The van der Waals surface area contributed by atoms with E-state index in [1.807, 2.05) is 13.8 Å². The summed E-state index contributed by atoms with van der Waals surface area (Å²) in [7, 11) is 0. The Morgan fingerprint density at radius 1 is 1.17 bits per heavy atom. The van der Waals surface area contributed by atoms with Crippen molar-refractivity contribution >= 4 is 0 Å². The highest BCUT2D eigenvalue weighted by atomic mass is 19.4. The van der Waals surface area contributed by atoms with Gasteiger partial charge in [0.15, 0.2) is 0 Å². The summed E-state index contributed by atoms with van der Waals surface area (Å²) in [5.74, 6) is 0.325.